The molecule has 0 saturated heterocycles. The Bertz CT molecular complexity index is 1130. The lowest BCUT2D eigenvalue weighted by atomic mass is 9.84. The van der Waals surface area contributed by atoms with Crippen molar-refractivity contribution in [2.24, 2.45) is 0 Å². The van der Waals surface area contributed by atoms with Crippen LogP contribution >= 0.6 is 0 Å². The van der Waals surface area contributed by atoms with Gasteiger partial charge in [0, 0.05) is 22.5 Å². The first kappa shape index (κ1) is 13.4. The fraction of sp³-hybridized carbons (Fsp3) is 0.105. The van der Waals surface area contributed by atoms with Crippen LogP contribution in [0.5, 0.6) is 5.75 Å². The summed E-state index contributed by atoms with van der Waals surface area (Å²) in [6.07, 6.45) is 5.63. The molecule has 5 nitrogen and oxygen atoms in total. The number of aromatic nitrogens is 2. The largest absolute Gasteiger partial charge is 0.506 e. The molecule has 0 radical (unpaired) electrons. The third kappa shape index (κ3) is 1.59. The number of rotatable bonds is 0. The van der Waals surface area contributed by atoms with Gasteiger partial charge in [0.1, 0.15) is 29.7 Å². The van der Waals surface area contributed by atoms with E-state index in [1.165, 1.54) is 0 Å². The van der Waals surface area contributed by atoms with Gasteiger partial charge in [-0.25, -0.2) is 4.98 Å². The molecule has 1 aromatic carbocycles. The zero-order valence-corrected chi connectivity index (χ0v) is 13.0. The number of fused-ring (bicyclic) bond motifs is 4. The molecule has 2 N–H and O–H groups in total. The maximum absolute atomic E-state index is 12.9. The van der Waals surface area contributed by atoms with Gasteiger partial charge >= 0.3 is 0 Å². The second-order valence-electron chi connectivity index (χ2n) is 6.27. The first-order valence-corrected chi connectivity index (χ1v) is 7.85. The van der Waals surface area contributed by atoms with Crippen molar-refractivity contribution in [3.63, 3.8) is 0 Å². The van der Waals surface area contributed by atoms with Crippen LogP contribution in [0.4, 0.5) is 0 Å². The summed E-state index contributed by atoms with van der Waals surface area (Å²) in [5.41, 5.74) is 3.23. The summed E-state index contributed by atoms with van der Waals surface area (Å²) < 4.78 is 0. The Labute approximate surface area is 137 Å². The second-order valence-corrected chi connectivity index (χ2v) is 6.27. The highest BCUT2D eigenvalue weighted by atomic mass is 16.3. The van der Waals surface area contributed by atoms with E-state index in [1.54, 1.807) is 18.3 Å². The maximum Gasteiger partial charge on any atom is 0.218 e. The number of hydrogen-bond acceptors (Lipinski definition) is 4. The number of para-hydroxylation sites is 1. The first-order chi connectivity index (χ1) is 11.6. The molecule has 1 aliphatic heterocycles. The lowest BCUT2D eigenvalue weighted by Crippen LogP contribution is -3.04. The molecule has 116 valence electrons. The minimum atomic E-state index is -0.0558. The fourth-order valence-electron chi connectivity index (χ4n) is 3.62. The average molecular weight is 316 g/mol. The molecular weight excluding hydrogens is 302 g/mol. The number of Topliss-reactive ketones (excluding diaryl/α,β-unsaturated/α-hetero) is 1. The third-order valence-electron chi connectivity index (χ3n) is 4.74. The summed E-state index contributed by atoms with van der Waals surface area (Å²) in [5.74, 6) is 0.0882. The van der Waals surface area contributed by atoms with Gasteiger partial charge in [-0.1, -0.05) is 12.1 Å². The Morgan fingerprint density at radius 2 is 2.00 bits per heavy atom. The van der Waals surface area contributed by atoms with Crippen LogP contribution in [-0.4, -0.2) is 34.5 Å². The zero-order chi connectivity index (χ0) is 16.4. The molecule has 2 aromatic heterocycles. The average Bonchev–Trinajstić information content (AvgIpc) is 2.60. The van der Waals surface area contributed by atoms with Gasteiger partial charge in [0.2, 0.25) is 5.78 Å². The molecular formula is C19H14N3O2+. The Hall–Kier alpha value is -3.05. The number of aromatic hydroxyl groups is 1. The lowest BCUT2D eigenvalue weighted by molar-refractivity contribution is -0.818. The van der Waals surface area contributed by atoms with Gasteiger partial charge in [-0.15, -0.1) is 0 Å². The number of nitrogens with one attached hydrogen (secondary N) is 1. The van der Waals surface area contributed by atoms with Gasteiger partial charge in [0.05, 0.1) is 18.3 Å². The van der Waals surface area contributed by atoms with E-state index in [0.717, 1.165) is 38.9 Å². The van der Waals surface area contributed by atoms with E-state index in [9.17, 15) is 9.90 Å². The van der Waals surface area contributed by atoms with Crippen LogP contribution in [0.25, 0.3) is 27.2 Å². The molecule has 5 heteroatoms. The smallest absolute Gasteiger partial charge is 0.218 e. The molecule has 1 unspecified atom stereocenters. The third-order valence-corrected chi connectivity index (χ3v) is 4.74. The quantitative estimate of drug-likeness (QED) is 0.617. The van der Waals surface area contributed by atoms with E-state index in [4.69, 9.17) is 4.98 Å². The van der Waals surface area contributed by atoms with Gasteiger partial charge in [-0.3, -0.25) is 9.78 Å². The van der Waals surface area contributed by atoms with Gasteiger partial charge in [0.25, 0.3) is 0 Å². The molecule has 0 bridgehead atoms. The number of nitrogens with zero attached hydrogens (tertiary/aromatic N) is 2. The summed E-state index contributed by atoms with van der Waals surface area (Å²) in [4.78, 5) is 23.1. The normalized spacial score (nSPS) is 19.2. The van der Waals surface area contributed by atoms with Crippen molar-refractivity contribution in [1.82, 2.24) is 9.97 Å². The molecule has 1 aliphatic carbocycles. The number of quaternary nitrogens is 1. The number of hydrogen-bond donors (Lipinski definition) is 2. The first-order valence-electron chi connectivity index (χ1n) is 7.85. The van der Waals surface area contributed by atoms with Crippen molar-refractivity contribution < 1.29 is 14.8 Å². The van der Waals surface area contributed by atoms with Crippen molar-refractivity contribution >= 4 is 33.0 Å². The van der Waals surface area contributed by atoms with Crippen molar-refractivity contribution in [1.29, 1.82) is 0 Å². The van der Waals surface area contributed by atoms with E-state index < -0.39 is 0 Å². The number of likely N-dealkylation sites (N-methyl/N-ethyl adjacent to an activating group) is 1. The van der Waals surface area contributed by atoms with Crippen molar-refractivity contribution in [2.75, 3.05) is 13.6 Å². The molecule has 3 heterocycles. The number of ketones is 1. The molecule has 24 heavy (non-hydrogen) atoms. The molecule has 0 saturated carbocycles. The van der Waals surface area contributed by atoms with E-state index >= 15 is 0 Å². The SMILES string of the molecule is C[NH+]1C=C2C(=O)c3nccc4c3c(nc3c(O)cccc34)C2=CC1. The van der Waals surface area contributed by atoms with Gasteiger partial charge in [-0.2, -0.15) is 0 Å². The molecule has 3 aromatic rings. The predicted octanol–water partition coefficient (Wildman–Crippen LogP) is 1.48. The van der Waals surface area contributed by atoms with Crippen LogP contribution in [0, 0.1) is 0 Å². The molecule has 0 amide bonds. The molecule has 2 aliphatic rings. The van der Waals surface area contributed by atoms with E-state index in [2.05, 4.69) is 4.98 Å². The van der Waals surface area contributed by atoms with Crippen LogP contribution in [0.15, 0.2) is 48.3 Å². The van der Waals surface area contributed by atoms with Gasteiger partial charge < -0.3 is 10.0 Å². The number of pyridine rings is 2. The second kappa shape index (κ2) is 4.49. The van der Waals surface area contributed by atoms with E-state index in [1.807, 2.05) is 31.5 Å². The minimum Gasteiger partial charge on any atom is -0.506 e. The fourth-order valence-corrected chi connectivity index (χ4v) is 3.62. The summed E-state index contributed by atoms with van der Waals surface area (Å²) in [5, 5.41) is 12.8. The Balaban J connectivity index is 2.02. The van der Waals surface area contributed by atoms with E-state index in [0.29, 0.717) is 16.8 Å². The molecule has 0 fully saturated rings. The summed E-state index contributed by atoms with van der Waals surface area (Å²) in [6, 6.07) is 7.21. The highest BCUT2D eigenvalue weighted by molar-refractivity contribution is 6.30. The molecule has 1 atom stereocenters. The predicted molar refractivity (Wildman–Crippen MR) is 90.9 cm³/mol. The number of allylic oxidation sites excluding steroid dienone is 2. The zero-order valence-electron chi connectivity index (χ0n) is 13.0. The summed E-state index contributed by atoms with van der Waals surface area (Å²) in [7, 11) is 2.01. The van der Waals surface area contributed by atoms with Gasteiger partial charge in [0.15, 0.2) is 0 Å². The topological polar surface area (TPSA) is 67.5 Å². The van der Waals surface area contributed by atoms with Crippen LogP contribution in [-0.2, 0) is 0 Å². The summed E-state index contributed by atoms with van der Waals surface area (Å²) in [6.45, 7) is 0.795. The highest BCUT2D eigenvalue weighted by Crippen LogP contribution is 2.41. The number of benzene rings is 1. The van der Waals surface area contributed by atoms with E-state index in [-0.39, 0.29) is 11.5 Å². The summed E-state index contributed by atoms with van der Waals surface area (Å²) >= 11 is 0. The minimum absolute atomic E-state index is 0.0558. The lowest BCUT2D eigenvalue weighted by Gasteiger charge is -2.24. The van der Waals surface area contributed by atoms with Crippen molar-refractivity contribution in [3.8, 4) is 5.75 Å². The van der Waals surface area contributed by atoms with Crippen LogP contribution in [0.1, 0.15) is 16.2 Å². The number of carbonyl (C=O) groups is 1. The Morgan fingerprint density at radius 3 is 2.88 bits per heavy atom. The monoisotopic (exact) mass is 316 g/mol. The van der Waals surface area contributed by atoms with Crippen molar-refractivity contribution in [3.05, 3.63) is 59.7 Å². The standard InChI is InChI=1S/C19H13N3O2/c1-22-8-6-12-13(9-22)19(24)18-15-10(5-7-20-18)11-3-2-4-14(23)16(11)21-17(12)15/h2-7,9,23H,8H2,1H3/p+1. The van der Waals surface area contributed by atoms with Crippen LogP contribution in [0.2, 0.25) is 0 Å². The van der Waals surface area contributed by atoms with Crippen LogP contribution < -0.4 is 4.90 Å². The van der Waals surface area contributed by atoms with Crippen LogP contribution in [0.3, 0.4) is 0 Å². The number of phenols is 1. The van der Waals surface area contributed by atoms with Crippen molar-refractivity contribution in [2.45, 2.75) is 0 Å². The highest BCUT2D eigenvalue weighted by Gasteiger charge is 2.34. The Kier molecular flexibility index (Phi) is 2.51. The Morgan fingerprint density at radius 1 is 1.12 bits per heavy atom. The number of carbonyl (C=O) groups excluding carboxylic acids is 1. The molecule has 5 rings (SSSR count). The number of phenolic OH excluding ortho intramolecular Hbond substituents is 1. The van der Waals surface area contributed by atoms with Gasteiger partial charge in [-0.05, 0) is 23.6 Å². The maximum atomic E-state index is 12.9. The molecule has 0 spiro atoms.